The predicted molar refractivity (Wildman–Crippen MR) is 119 cm³/mol. The Labute approximate surface area is 184 Å². The zero-order chi connectivity index (χ0) is 21.8. The first-order valence-corrected chi connectivity index (χ1v) is 12.0. The minimum atomic E-state index is -0.670. The third kappa shape index (κ3) is 4.63. The van der Waals surface area contributed by atoms with E-state index in [-0.39, 0.29) is 36.1 Å². The van der Waals surface area contributed by atoms with E-state index in [0.717, 1.165) is 51.4 Å². The zero-order valence-electron chi connectivity index (χ0n) is 18.6. The van der Waals surface area contributed by atoms with Gasteiger partial charge in [-0.3, -0.25) is 14.4 Å². The summed E-state index contributed by atoms with van der Waals surface area (Å²) in [5, 5.41) is 0. The number of rotatable bonds is 6. The third-order valence-corrected chi connectivity index (χ3v) is 7.04. The van der Waals surface area contributed by atoms with E-state index in [9.17, 15) is 14.4 Å². The Balaban J connectivity index is 1.58. The van der Waals surface area contributed by atoms with E-state index in [1.807, 2.05) is 11.8 Å². The second-order valence-corrected chi connectivity index (χ2v) is 9.09. The first-order valence-electron chi connectivity index (χ1n) is 12.0. The van der Waals surface area contributed by atoms with Gasteiger partial charge < -0.3 is 9.64 Å². The van der Waals surface area contributed by atoms with Crippen LogP contribution in [0.25, 0.3) is 0 Å². The third-order valence-electron chi connectivity index (χ3n) is 7.04. The van der Waals surface area contributed by atoms with E-state index in [1.54, 1.807) is 24.3 Å². The largest absolute Gasteiger partial charge is 0.494 e. The quantitative estimate of drug-likeness (QED) is 0.630. The topological polar surface area (TPSA) is 66.9 Å². The summed E-state index contributed by atoms with van der Waals surface area (Å²) in [6, 6.07) is 6.45. The van der Waals surface area contributed by atoms with Gasteiger partial charge in [-0.05, 0) is 56.9 Å². The van der Waals surface area contributed by atoms with Gasteiger partial charge in [0.2, 0.25) is 11.8 Å². The molecule has 0 aromatic heterocycles. The van der Waals surface area contributed by atoms with Crippen LogP contribution >= 0.6 is 0 Å². The van der Waals surface area contributed by atoms with E-state index in [4.69, 9.17) is 4.74 Å². The van der Waals surface area contributed by atoms with Crippen LogP contribution in [0.5, 0.6) is 5.75 Å². The SMILES string of the molecule is CCOc1ccc(N2C(=O)CC(N(C(=O)C3CCCCC3)C3CCCCC3)C2=O)cc1. The molecule has 1 aliphatic heterocycles. The standard InChI is InChI=1S/C25H34N2O4/c1-2-31-21-15-13-20(14-16-21)27-23(28)17-22(25(27)30)26(19-11-7-4-8-12-19)24(29)18-9-5-3-6-10-18/h13-16,18-19,22H,2-12,17H2,1H3. The summed E-state index contributed by atoms with van der Waals surface area (Å²) in [7, 11) is 0. The van der Waals surface area contributed by atoms with Gasteiger partial charge in [-0.1, -0.05) is 38.5 Å². The molecule has 6 heteroatoms. The Bertz CT molecular complexity index is 794. The fraction of sp³-hybridized carbons (Fsp3) is 0.640. The van der Waals surface area contributed by atoms with Crippen molar-refractivity contribution in [1.82, 2.24) is 4.90 Å². The predicted octanol–water partition coefficient (Wildman–Crippen LogP) is 4.46. The lowest BCUT2D eigenvalue weighted by Gasteiger charge is -2.40. The van der Waals surface area contributed by atoms with Crippen molar-refractivity contribution in [3.63, 3.8) is 0 Å². The molecule has 3 amide bonds. The number of hydrogen-bond donors (Lipinski definition) is 0. The number of amides is 3. The van der Waals surface area contributed by atoms with Crippen molar-refractivity contribution in [1.29, 1.82) is 0 Å². The summed E-state index contributed by atoms with van der Waals surface area (Å²) in [6.45, 7) is 2.47. The Morgan fingerprint density at radius 2 is 1.58 bits per heavy atom. The van der Waals surface area contributed by atoms with Crippen molar-refractivity contribution < 1.29 is 19.1 Å². The van der Waals surface area contributed by atoms with Crippen molar-refractivity contribution in [2.24, 2.45) is 5.92 Å². The normalized spacial score (nSPS) is 23.3. The molecule has 2 aliphatic carbocycles. The molecule has 1 aromatic carbocycles. The van der Waals surface area contributed by atoms with Gasteiger partial charge in [-0.15, -0.1) is 0 Å². The van der Waals surface area contributed by atoms with Crippen molar-refractivity contribution in [2.45, 2.75) is 89.6 Å². The van der Waals surface area contributed by atoms with Gasteiger partial charge in [0.25, 0.3) is 5.91 Å². The number of benzene rings is 1. The molecule has 1 heterocycles. The van der Waals surface area contributed by atoms with Crippen LogP contribution in [0.4, 0.5) is 5.69 Å². The lowest BCUT2D eigenvalue weighted by molar-refractivity contribution is -0.146. The number of anilines is 1. The van der Waals surface area contributed by atoms with Gasteiger partial charge >= 0.3 is 0 Å². The fourth-order valence-corrected chi connectivity index (χ4v) is 5.47. The minimum absolute atomic E-state index is 0.00175. The van der Waals surface area contributed by atoms with Gasteiger partial charge in [0.15, 0.2) is 0 Å². The fourth-order valence-electron chi connectivity index (χ4n) is 5.47. The molecule has 1 atom stereocenters. The molecule has 2 saturated carbocycles. The lowest BCUT2D eigenvalue weighted by Crippen LogP contribution is -2.53. The molecule has 4 rings (SSSR count). The number of ether oxygens (including phenoxy) is 1. The van der Waals surface area contributed by atoms with Crippen molar-refractivity contribution >= 4 is 23.4 Å². The molecule has 6 nitrogen and oxygen atoms in total. The van der Waals surface area contributed by atoms with Crippen LogP contribution in [0.3, 0.4) is 0 Å². The molecular formula is C25H34N2O4. The van der Waals surface area contributed by atoms with Crippen LogP contribution in [0.2, 0.25) is 0 Å². The smallest absolute Gasteiger partial charge is 0.257 e. The Hall–Kier alpha value is -2.37. The Morgan fingerprint density at radius 3 is 2.19 bits per heavy atom. The van der Waals surface area contributed by atoms with Gasteiger partial charge in [-0.25, -0.2) is 4.90 Å². The molecule has 1 saturated heterocycles. The van der Waals surface area contributed by atoms with E-state index >= 15 is 0 Å². The van der Waals surface area contributed by atoms with Gasteiger partial charge in [0, 0.05) is 12.0 Å². The van der Waals surface area contributed by atoms with Crippen LogP contribution in [0.15, 0.2) is 24.3 Å². The van der Waals surface area contributed by atoms with Crippen LogP contribution < -0.4 is 9.64 Å². The summed E-state index contributed by atoms with van der Waals surface area (Å²) < 4.78 is 5.47. The maximum atomic E-state index is 13.6. The number of hydrogen-bond acceptors (Lipinski definition) is 4. The second kappa shape index (κ2) is 9.84. The lowest BCUT2D eigenvalue weighted by atomic mass is 9.86. The van der Waals surface area contributed by atoms with Gasteiger partial charge in [0.05, 0.1) is 18.7 Å². The molecule has 0 bridgehead atoms. The molecule has 1 unspecified atom stereocenters. The molecule has 1 aromatic rings. The molecule has 3 fully saturated rings. The molecular weight excluding hydrogens is 392 g/mol. The highest BCUT2D eigenvalue weighted by molar-refractivity contribution is 6.23. The average Bonchev–Trinajstić information content (AvgIpc) is 3.09. The maximum Gasteiger partial charge on any atom is 0.257 e. The average molecular weight is 427 g/mol. The Morgan fingerprint density at radius 1 is 0.968 bits per heavy atom. The van der Waals surface area contributed by atoms with Crippen molar-refractivity contribution in [3.05, 3.63) is 24.3 Å². The molecule has 168 valence electrons. The Kier molecular flexibility index (Phi) is 6.93. The summed E-state index contributed by atoms with van der Waals surface area (Å²) in [6.07, 6.45) is 10.4. The highest BCUT2D eigenvalue weighted by Crippen LogP contribution is 2.35. The molecule has 0 N–H and O–H groups in total. The monoisotopic (exact) mass is 426 g/mol. The number of carbonyl (C=O) groups excluding carboxylic acids is 3. The van der Waals surface area contributed by atoms with E-state index in [2.05, 4.69) is 0 Å². The molecule has 0 radical (unpaired) electrons. The van der Waals surface area contributed by atoms with E-state index in [0.29, 0.717) is 18.0 Å². The van der Waals surface area contributed by atoms with Crippen molar-refractivity contribution in [3.8, 4) is 5.75 Å². The molecule has 31 heavy (non-hydrogen) atoms. The van der Waals surface area contributed by atoms with Crippen LogP contribution in [0.1, 0.15) is 77.6 Å². The van der Waals surface area contributed by atoms with Crippen LogP contribution in [0, 0.1) is 5.92 Å². The first kappa shape index (κ1) is 21.8. The van der Waals surface area contributed by atoms with Gasteiger partial charge in [-0.2, -0.15) is 0 Å². The second-order valence-electron chi connectivity index (χ2n) is 9.09. The maximum absolute atomic E-state index is 13.6. The highest BCUT2D eigenvalue weighted by Gasteiger charge is 2.47. The van der Waals surface area contributed by atoms with E-state index < -0.39 is 6.04 Å². The number of nitrogens with zero attached hydrogens (tertiary/aromatic N) is 2. The van der Waals surface area contributed by atoms with Crippen LogP contribution in [-0.4, -0.2) is 41.3 Å². The number of carbonyl (C=O) groups is 3. The minimum Gasteiger partial charge on any atom is -0.494 e. The van der Waals surface area contributed by atoms with Crippen molar-refractivity contribution in [2.75, 3.05) is 11.5 Å². The summed E-state index contributed by atoms with van der Waals surface area (Å²) >= 11 is 0. The number of imide groups is 1. The summed E-state index contributed by atoms with van der Waals surface area (Å²) in [4.78, 5) is 43.1. The highest BCUT2D eigenvalue weighted by atomic mass is 16.5. The molecule has 3 aliphatic rings. The summed E-state index contributed by atoms with van der Waals surface area (Å²) in [5.74, 6) is 0.322. The van der Waals surface area contributed by atoms with E-state index in [1.165, 1.54) is 17.7 Å². The van der Waals surface area contributed by atoms with Crippen LogP contribution in [-0.2, 0) is 14.4 Å². The first-order chi connectivity index (χ1) is 15.1. The zero-order valence-corrected chi connectivity index (χ0v) is 18.6. The van der Waals surface area contributed by atoms with Gasteiger partial charge in [0.1, 0.15) is 11.8 Å². The summed E-state index contributed by atoms with van der Waals surface area (Å²) in [5.41, 5.74) is 0.551. The molecule has 0 spiro atoms.